The first-order chi connectivity index (χ1) is 53.4. The first-order valence-electron chi connectivity index (χ1n) is 36.7. The quantitative estimate of drug-likeness (QED) is 0.0182. The predicted octanol–water partition coefficient (Wildman–Crippen LogP) is 13.6. The summed E-state index contributed by atoms with van der Waals surface area (Å²) in [7, 11) is 13.1. The number of carboxylic acid groups (broad SMARTS) is 1. The van der Waals surface area contributed by atoms with Crippen LogP contribution in [0.3, 0.4) is 0 Å². The van der Waals surface area contributed by atoms with Crippen LogP contribution in [-0.4, -0.2) is 192 Å². The van der Waals surface area contributed by atoms with Crippen molar-refractivity contribution in [1.82, 2.24) is 30.2 Å². The van der Waals surface area contributed by atoms with E-state index in [9.17, 15) is 43.2 Å². The monoisotopic (exact) mass is 1670 g/mol. The van der Waals surface area contributed by atoms with Crippen molar-refractivity contribution in [2.45, 2.75) is 211 Å². The Bertz CT molecular complexity index is 3270. The second-order valence-electron chi connectivity index (χ2n) is 25.4. The van der Waals surface area contributed by atoms with Crippen LogP contribution in [0.25, 0.3) is 4.85 Å². The molecular formula is C79H133N11O19S4. The van der Waals surface area contributed by atoms with Crippen LogP contribution in [0.1, 0.15) is 222 Å². The van der Waals surface area contributed by atoms with Crippen molar-refractivity contribution >= 4 is 104 Å². The van der Waals surface area contributed by atoms with E-state index >= 15 is 0 Å². The molecule has 30 nitrogen and oxygen atoms in total. The number of aromatic nitrogens is 5. The molecule has 1 atom stereocenters. The van der Waals surface area contributed by atoms with Crippen LogP contribution in [0, 0.1) is 76.7 Å². The van der Waals surface area contributed by atoms with E-state index in [0.717, 1.165) is 70.1 Å². The third-order valence-corrected chi connectivity index (χ3v) is 17.4. The Balaban J connectivity index is -0.000000273. The van der Waals surface area contributed by atoms with Crippen molar-refractivity contribution in [3.05, 3.63) is 101 Å². The molecule has 4 fully saturated rings. The van der Waals surface area contributed by atoms with Gasteiger partial charge < -0.3 is 80.5 Å². The molecule has 0 aliphatic heterocycles. The molecule has 0 spiro atoms. The zero-order valence-corrected chi connectivity index (χ0v) is 74.0. The summed E-state index contributed by atoms with van der Waals surface area (Å²) < 4.78 is 42.7. The van der Waals surface area contributed by atoms with Crippen LogP contribution >= 0.6 is 45.3 Å². The number of oxazole rings is 1. The van der Waals surface area contributed by atoms with E-state index in [0.29, 0.717) is 48.9 Å². The number of nitrogens with one attached hydrogen (secondary N) is 1. The highest BCUT2D eigenvalue weighted by Crippen LogP contribution is 2.28. The Hall–Kier alpha value is -8.13. The Morgan fingerprint density at radius 3 is 1.34 bits per heavy atom. The number of terminal acetylenes is 1. The molecule has 0 radical (unpaired) electrons. The van der Waals surface area contributed by atoms with Gasteiger partial charge in [-0.25, -0.2) is 29.5 Å². The van der Waals surface area contributed by atoms with Gasteiger partial charge in [0.1, 0.15) is 37.4 Å². The molecule has 4 aliphatic rings. The minimum atomic E-state index is -0.959. The molecule has 0 saturated heterocycles. The van der Waals surface area contributed by atoms with Gasteiger partial charge in [-0.2, -0.15) is 0 Å². The highest BCUT2D eigenvalue weighted by Gasteiger charge is 2.22. The van der Waals surface area contributed by atoms with E-state index in [-0.39, 0.29) is 59.8 Å². The summed E-state index contributed by atoms with van der Waals surface area (Å²) in [5.41, 5.74) is 19.7. The molecule has 113 heavy (non-hydrogen) atoms. The van der Waals surface area contributed by atoms with E-state index in [1.807, 2.05) is 55.4 Å². The lowest BCUT2D eigenvalue weighted by atomic mass is 9.90. The van der Waals surface area contributed by atoms with E-state index in [1.165, 1.54) is 175 Å². The fourth-order valence-corrected chi connectivity index (χ4v) is 10.4. The summed E-state index contributed by atoms with van der Waals surface area (Å²) in [6.45, 7) is 33.1. The number of nitrogens with zero attached hydrogens (tertiary/aromatic N) is 6. The molecule has 5 heterocycles. The van der Waals surface area contributed by atoms with Crippen molar-refractivity contribution in [2.24, 2.45) is 46.1 Å². The van der Waals surface area contributed by atoms with Crippen LogP contribution in [-0.2, 0) is 66.7 Å². The molecule has 1 unspecified atom stereocenters. The zero-order valence-electron chi connectivity index (χ0n) is 70.8. The number of Topliss-reactive ketones (excluding diaryl/α,β-unsaturated/α-hetero) is 2. The lowest BCUT2D eigenvalue weighted by Gasteiger charge is -2.19. The average molecular weight is 1670 g/mol. The number of carbonyl (C=O) groups excluding carboxylic acids is 8. The molecule has 642 valence electrons. The summed E-state index contributed by atoms with van der Waals surface area (Å²) in [5, 5.41) is 21.1. The Morgan fingerprint density at radius 1 is 0.673 bits per heavy atom. The van der Waals surface area contributed by atoms with Gasteiger partial charge in [0.2, 0.25) is 23.6 Å². The number of primary amides is 4. The standard InChI is InChI=1S/C8H16O.C7H9NO2S.C7H13NO.C7H14O2.C6H12O.C5H6N2OS.C5H4N2S.C5H5NO2S.C5H10O2.C5H10O.C4H5NO.C4H9NO.C4H7NO.C4H6O.C3H7NO2/c1-9-7-8-5-3-2-4-6-8;1-3-10-7(9)6-4-11-5(2)8-6;1-8-7(9)6-4-2-3-5-6;1-7(2,3)6(8)5-9-4;1-7-6-4-2-3-5-6;1-3-7-4(2-9-3)5(6)8;1-4-7-5(6-2)3-8-4;1-3-6-4(2-9-3)5(7)8;1-4(6)5(2)7-3;1-6-4-5-2-3-5;1-4-2-5-3-6-4;2*1-2-3-4(5)6;1-3-4-5-2;1-6-2-3(4)5/h8H,2-7H2,1H3;4H,3H2,1-2H3;6H,2-5H2,1H3,(H,8,9);5H2,1-4H3;6H,2-5H2,1H3;2H,1H3,(H2,6,8);3H,1H3;2H,1H3,(H,7,8);5H,1-3H3;5H,2-4H2,1H3;2-3H,1H3;2-3H2,1H3,(H2,5,6);2-3H,1H3,(H2,5,6);1H,4H2,2H3;2H2,1H3,(H2,4,5)/b;;;;;;;;;;;;3-2+;;. The smallest absolute Gasteiger partial charge is 0.357 e. The lowest BCUT2D eigenvalue weighted by Crippen LogP contribution is -2.25. The van der Waals surface area contributed by atoms with Crippen LogP contribution in [0.4, 0.5) is 5.82 Å². The zero-order chi connectivity index (χ0) is 87.5. The Morgan fingerprint density at radius 2 is 1.14 bits per heavy atom. The van der Waals surface area contributed by atoms with Gasteiger partial charge >= 0.3 is 11.9 Å². The van der Waals surface area contributed by atoms with Crippen molar-refractivity contribution in [2.75, 3.05) is 96.5 Å². The maximum Gasteiger partial charge on any atom is 0.357 e. The van der Waals surface area contributed by atoms with Crippen molar-refractivity contribution in [1.29, 1.82) is 0 Å². The van der Waals surface area contributed by atoms with E-state index in [4.69, 9.17) is 52.9 Å². The van der Waals surface area contributed by atoms with Gasteiger partial charge in [0.15, 0.2) is 34.4 Å². The SMILES string of the molecule is C#CCOC.C/C=C/C(N)=O.CCCC(N)=O.CCOC(=O)c1csc(C)n1.CNC(=O)C1CCCC1.COC(C)C(C)=O.COC1CCCC1.COCC(=O)C(C)(C)C.COCC(N)=O.COCC1CC1.COCC1CCCCC1.Cc1cnco1.Cc1nc(C(=O)O)cs1.Cc1nc(C(N)=O)cs1.[C-]#[N+]c1csc(C)n1. The fourth-order valence-electron chi connectivity index (χ4n) is 8.06. The number of aromatic carboxylic acids is 1. The molecule has 4 saturated carbocycles. The maximum absolute atomic E-state index is 11.0. The molecule has 10 N–H and O–H groups in total. The number of amides is 5. The van der Waals surface area contributed by atoms with Crippen molar-refractivity contribution in [3.63, 3.8) is 0 Å². The normalized spacial score (nSPS) is 12.9. The summed E-state index contributed by atoms with van der Waals surface area (Å²) in [6.07, 6.45) is 32.3. The number of hydrogen-bond donors (Lipinski definition) is 6. The van der Waals surface area contributed by atoms with Gasteiger partial charge in [-0.1, -0.05) is 91.2 Å². The van der Waals surface area contributed by atoms with E-state index in [2.05, 4.69) is 71.4 Å². The number of carbonyl (C=O) groups is 9. The van der Waals surface area contributed by atoms with Gasteiger partial charge in [-0.05, 0) is 131 Å². The number of allylic oxidation sites excluding steroid dienone is 1. The fraction of sp³-hybridized carbons (Fsp3) is 0.633. The second kappa shape index (κ2) is 77.8. The van der Waals surface area contributed by atoms with Crippen LogP contribution in [0.5, 0.6) is 0 Å². The molecule has 5 amide bonds. The summed E-state index contributed by atoms with van der Waals surface area (Å²) in [6, 6.07) is 0. The summed E-state index contributed by atoms with van der Waals surface area (Å²) >= 11 is 5.71. The van der Waals surface area contributed by atoms with Crippen LogP contribution < -0.4 is 28.3 Å². The van der Waals surface area contributed by atoms with Crippen LogP contribution in [0.15, 0.2) is 50.7 Å². The number of thiazole rings is 4. The summed E-state index contributed by atoms with van der Waals surface area (Å²) in [4.78, 5) is 115. The number of methoxy groups -OCH3 is 7. The molecule has 9 rings (SSSR count). The Labute approximate surface area is 688 Å². The molecule has 5 aromatic heterocycles. The predicted molar refractivity (Wildman–Crippen MR) is 448 cm³/mol. The topological polar surface area (TPSA) is 446 Å². The Kier molecular flexibility index (Phi) is 79.7. The number of carboxylic acids is 1. The molecule has 0 bridgehead atoms. The molecule has 34 heteroatoms. The number of esters is 1. The van der Waals surface area contributed by atoms with Gasteiger partial charge in [0.05, 0.1) is 33.9 Å². The van der Waals surface area contributed by atoms with Gasteiger partial charge in [-0.15, -0.1) is 56.8 Å². The summed E-state index contributed by atoms with van der Waals surface area (Å²) in [5.74, 6) is 3.45. The first kappa shape index (κ1) is 116. The highest BCUT2D eigenvalue weighted by molar-refractivity contribution is 7.10. The molecule has 4 aliphatic carbocycles. The van der Waals surface area contributed by atoms with Crippen LogP contribution in [0.2, 0.25) is 0 Å². The maximum atomic E-state index is 11.0. The number of nitrogens with two attached hydrogens (primary N) is 4. The highest BCUT2D eigenvalue weighted by atomic mass is 32.1. The van der Waals surface area contributed by atoms with Gasteiger partial charge in [0.25, 0.3) is 11.7 Å². The van der Waals surface area contributed by atoms with Gasteiger partial charge in [0, 0.05) is 116 Å². The van der Waals surface area contributed by atoms with Crippen molar-refractivity contribution < 1.29 is 90.6 Å². The number of aryl methyl sites for hydroxylation is 5. The number of ketones is 2. The molecule has 5 aromatic rings. The van der Waals surface area contributed by atoms with E-state index in [1.54, 1.807) is 91.6 Å². The van der Waals surface area contributed by atoms with E-state index < -0.39 is 23.7 Å². The third-order valence-electron chi connectivity index (χ3n) is 14.3. The first-order valence-corrected chi connectivity index (χ1v) is 40.2. The minimum Gasteiger partial charge on any atom is -0.476 e. The largest absolute Gasteiger partial charge is 0.476 e. The minimum absolute atomic E-state index is 0.0139. The molecular weight excluding hydrogens is 1540 g/mol. The third kappa shape index (κ3) is 78.9. The lowest BCUT2D eigenvalue weighted by molar-refractivity contribution is -0.130. The number of ether oxygens (including phenoxy) is 8. The van der Waals surface area contributed by atoms with Gasteiger partial charge in [-0.3, -0.25) is 33.6 Å². The number of rotatable bonds is 20. The van der Waals surface area contributed by atoms with Crippen molar-refractivity contribution in [3.8, 4) is 12.3 Å². The molecule has 0 aromatic carbocycles. The average Bonchev–Trinajstić information content (AvgIpc) is 1.87. The number of hydrogen-bond acceptors (Lipinski definition) is 27. The second-order valence-corrected chi connectivity index (χ2v) is 29.7.